The molecule has 238 valence electrons. The van der Waals surface area contributed by atoms with Crippen LogP contribution in [0.5, 0.6) is 0 Å². The number of alkyl halides is 3. The molecule has 1 saturated heterocycles. The normalized spacial score (nSPS) is 17.2. The average Bonchev–Trinajstić information content (AvgIpc) is 2.96. The summed E-state index contributed by atoms with van der Waals surface area (Å²) in [5.74, 6) is -4.17. The molecule has 0 bridgehead atoms. The summed E-state index contributed by atoms with van der Waals surface area (Å²) in [5, 5.41) is 18.6. The van der Waals surface area contributed by atoms with Crippen molar-refractivity contribution >= 4 is 34.0 Å². The van der Waals surface area contributed by atoms with Gasteiger partial charge in [-0.25, -0.2) is 18.0 Å². The maximum Gasteiger partial charge on any atom is 0.490 e. The van der Waals surface area contributed by atoms with Gasteiger partial charge in [-0.2, -0.15) is 23.2 Å². The first-order chi connectivity index (χ1) is 20.5. The maximum absolute atomic E-state index is 12.7. The number of hydrogen-bond acceptors (Lipinski definition) is 9. The van der Waals surface area contributed by atoms with Crippen molar-refractivity contribution in [1.29, 1.82) is 5.26 Å². The number of nitriles is 1. The van der Waals surface area contributed by atoms with E-state index in [1.807, 2.05) is 6.07 Å². The Kier molecular flexibility index (Phi) is 12.2. The number of methoxy groups -OCH3 is 1. The maximum atomic E-state index is 12.7. The Morgan fingerprint density at radius 3 is 2.34 bits per heavy atom. The van der Waals surface area contributed by atoms with Crippen molar-refractivity contribution in [2.45, 2.75) is 49.0 Å². The number of carboxylic acids is 1. The molecule has 3 atom stereocenters. The summed E-state index contributed by atoms with van der Waals surface area (Å²) in [6.45, 7) is 1.37. The highest BCUT2D eigenvalue weighted by atomic mass is 32.2. The predicted molar refractivity (Wildman–Crippen MR) is 145 cm³/mol. The lowest BCUT2D eigenvalue weighted by atomic mass is 9.96. The number of rotatable bonds is 9. The second-order valence-electron chi connectivity index (χ2n) is 9.43. The largest absolute Gasteiger partial charge is 0.490 e. The fraction of sp³-hybridized carbons (Fsp3) is 0.370. The smallest absolute Gasteiger partial charge is 0.475 e. The Bertz CT molecular complexity index is 1510. The van der Waals surface area contributed by atoms with Crippen LogP contribution in [0.1, 0.15) is 35.6 Å². The number of hydrogen-bond donors (Lipinski definition) is 3. The summed E-state index contributed by atoms with van der Waals surface area (Å²) in [5.41, 5.74) is 2.00. The molecule has 1 heterocycles. The van der Waals surface area contributed by atoms with Crippen molar-refractivity contribution in [3.63, 3.8) is 0 Å². The first-order valence-electron chi connectivity index (χ1n) is 12.7. The van der Waals surface area contributed by atoms with Crippen LogP contribution in [0.15, 0.2) is 53.4 Å². The van der Waals surface area contributed by atoms with Gasteiger partial charge in [-0.05, 0) is 42.3 Å². The number of nitrogens with one attached hydrogen (secondary N) is 2. The molecule has 3 rings (SSSR count). The summed E-state index contributed by atoms with van der Waals surface area (Å²) in [4.78, 5) is 47.5. The number of halogens is 3. The van der Waals surface area contributed by atoms with E-state index in [1.54, 1.807) is 50.4 Å². The van der Waals surface area contributed by atoms with Crippen LogP contribution in [0.4, 0.5) is 18.0 Å². The number of esters is 1. The molecular formula is C27H29F3N4O9S. The number of carbonyl (C=O) groups excluding carboxylic acids is 3. The number of carbonyl (C=O) groups is 4. The summed E-state index contributed by atoms with van der Waals surface area (Å²) >= 11 is 0. The summed E-state index contributed by atoms with van der Waals surface area (Å²) in [6, 6.07) is 13.2. The summed E-state index contributed by atoms with van der Waals surface area (Å²) in [6.07, 6.45) is -6.30. The lowest BCUT2D eigenvalue weighted by Crippen LogP contribution is -2.49. The van der Waals surface area contributed by atoms with Crippen LogP contribution in [-0.4, -0.2) is 81.4 Å². The SMILES string of the molecule is COC(=O)[C@H](CNC(=O)C[C@H]1C[C@@H](c2ccc(C#N)cc2)N(C)C(=O)O1)NS(=O)(=O)c1cccc(C)c1.O=C(O)C(F)(F)F. The Morgan fingerprint density at radius 1 is 1.20 bits per heavy atom. The lowest BCUT2D eigenvalue weighted by Gasteiger charge is -2.36. The number of aryl methyl sites for hydroxylation is 1. The van der Waals surface area contributed by atoms with E-state index >= 15 is 0 Å². The number of aliphatic carboxylic acids is 1. The average molecular weight is 643 g/mol. The fourth-order valence-corrected chi connectivity index (χ4v) is 5.21. The standard InChI is InChI=1S/C25H28N4O7S.C2HF3O2/c1-16-5-4-6-20(11-16)37(33,34)28-21(24(31)35-3)15-27-23(30)13-19-12-22(29(2)25(32)36-19)18-9-7-17(14-26)8-10-18;3-2(4,5)1(6)7/h4-11,19,21-22,28H,12-13,15H2,1-3H3,(H,27,30);(H,6,7)/t19-,21+,22+;/m1./s1. The molecule has 17 heteroatoms. The molecule has 1 aliphatic rings. The van der Waals surface area contributed by atoms with E-state index < -0.39 is 52.3 Å². The lowest BCUT2D eigenvalue weighted by molar-refractivity contribution is -0.192. The van der Waals surface area contributed by atoms with Gasteiger partial charge < -0.3 is 24.8 Å². The number of benzene rings is 2. The molecule has 13 nitrogen and oxygen atoms in total. The van der Waals surface area contributed by atoms with E-state index in [-0.39, 0.29) is 23.9 Å². The van der Waals surface area contributed by atoms with Gasteiger partial charge in [0.25, 0.3) is 0 Å². The van der Waals surface area contributed by atoms with Gasteiger partial charge in [-0.15, -0.1) is 0 Å². The van der Waals surface area contributed by atoms with E-state index in [0.717, 1.165) is 18.2 Å². The second-order valence-corrected chi connectivity index (χ2v) is 11.1. The van der Waals surface area contributed by atoms with Crippen LogP contribution in [0.2, 0.25) is 0 Å². The van der Waals surface area contributed by atoms with Gasteiger partial charge in [0.1, 0.15) is 12.1 Å². The van der Waals surface area contributed by atoms with Gasteiger partial charge in [-0.1, -0.05) is 24.3 Å². The molecule has 0 saturated carbocycles. The molecule has 1 aliphatic heterocycles. The zero-order valence-electron chi connectivity index (χ0n) is 23.6. The summed E-state index contributed by atoms with van der Waals surface area (Å²) < 4.78 is 69.5. The Hall–Kier alpha value is -4.69. The van der Waals surface area contributed by atoms with Crippen LogP contribution in [-0.2, 0) is 33.9 Å². The van der Waals surface area contributed by atoms with Crippen LogP contribution < -0.4 is 10.0 Å². The number of nitrogens with zero attached hydrogens (tertiary/aromatic N) is 2. The van der Waals surface area contributed by atoms with E-state index in [2.05, 4.69) is 10.0 Å². The van der Waals surface area contributed by atoms with Crippen molar-refractivity contribution in [2.24, 2.45) is 0 Å². The predicted octanol–water partition coefficient (Wildman–Crippen LogP) is 2.41. The quantitative estimate of drug-likeness (QED) is 0.342. The highest BCUT2D eigenvalue weighted by molar-refractivity contribution is 7.89. The van der Waals surface area contributed by atoms with Crippen LogP contribution in [0.3, 0.4) is 0 Å². The first-order valence-corrected chi connectivity index (χ1v) is 14.1. The molecule has 44 heavy (non-hydrogen) atoms. The van der Waals surface area contributed by atoms with E-state index in [0.29, 0.717) is 12.0 Å². The zero-order chi connectivity index (χ0) is 33.2. The highest BCUT2D eigenvalue weighted by Gasteiger charge is 2.38. The van der Waals surface area contributed by atoms with E-state index in [4.69, 9.17) is 24.6 Å². The van der Waals surface area contributed by atoms with Crippen molar-refractivity contribution in [2.75, 3.05) is 20.7 Å². The number of carboxylic acid groups (broad SMARTS) is 1. The minimum Gasteiger partial charge on any atom is -0.475 e. The van der Waals surface area contributed by atoms with Gasteiger partial charge in [0.15, 0.2) is 0 Å². The Morgan fingerprint density at radius 2 is 1.82 bits per heavy atom. The van der Waals surface area contributed by atoms with Crippen LogP contribution >= 0.6 is 0 Å². The van der Waals surface area contributed by atoms with Crippen molar-refractivity contribution in [3.05, 3.63) is 65.2 Å². The molecule has 1 fully saturated rings. The van der Waals surface area contributed by atoms with Crippen LogP contribution in [0, 0.1) is 18.3 Å². The molecule has 2 aromatic carbocycles. The molecule has 2 aromatic rings. The molecule has 3 N–H and O–H groups in total. The Balaban J connectivity index is 0.000000860. The summed E-state index contributed by atoms with van der Waals surface area (Å²) in [7, 11) is -1.37. The molecule has 0 aliphatic carbocycles. The minimum absolute atomic E-state index is 0.0280. The van der Waals surface area contributed by atoms with Crippen molar-refractivity contribution in [1.82, 2.24) is 14.9 Å². The zero-order valence-corrected chi connectivity index (χ0v) is 24.4. The van der Waals surface area contributed by atoms with Crippen molar-refractivity contribution in [3.8, 4) is 6.07 Å². The molecular weight excluding hydrogens is 613 g/mol. The number of sulfonamides is 1. The number of amides is 2. The second kappa shape index (κ2) is 15.2. The van der Waals surface area contributed by atoms with Gasteiger partial charge in [-0.3, -0.25) is 9.59 Å². The van der Waals surface area contributed by atoms with Crippen LogP contribution in [0.25, 0.3) is 0 Å². The van der Waals surface area contributed by atoms with E-state index in [1.165, 1.54) is 17.0 Å². The van der Waals surface area contributed by atoms with Gasteiger partial charge >= 0.3 is 24.2 Å². The highest BCUT2D eigenvalue weighted by Crippen LogP contribution is 2.32. The van der Waals surface area contributed by atoms with E-state index in [9.17, 15) is 36.0 Å². The third kappa shape index (κ3) is 10.2. The van der Waals surface area contributed by atoms with Crippen molar-refractivity contribution < 1.29 is 55.3 Å². The van der Waals surface area contributed by atoms with Gasteiger partial charge in [0.2, 0.25) is 15.9 Å². The molecule has 0 aromatic heterocycles. The topological polar surface area (TPSA) is 192 Å². The third-order valence-electron chi connectivity index (χ3n) is 6.18. The molecule has 0 unspecified atom stereocenters. The van der Waals surface area contributed by atoms with Gasteiger partial charge in [0.05, 0.1) is 36.1 Å². The third-order valence-corrected chi connectivity index (χ3v) is 7.64. The minimum atomic E-state index is -5.08. The van der Waals surface area contributed by atoms with Gasteiger partial charge in [0, 0.05) is 20.0 Å². The fourth-order valence-electron chi connectivity index (χ4n) is 3.92. The molecule has 2 amide bonds. The monoisotopic (exact) mass is 642 g/mol. The Labute approximate surface area is 250 Å². The molecule has 0 spiro atoms. The number of ether oxygens (including phenoxy) is 2. The molecule has 0 radical (unpaired) electrons. The first kappa shape index (κ1) is 35.5. The number of cyclic esters (lactones) is 1.